The summed E-state index contributed by atoms with van der Waals surface area (Å²) < 4.78 is 21.4. The van der Waals surface area contributed by atoms with Gasteiger partial charge in [0.1, 0.15) is 17.6 Å². The molecule has 0 radical (unpaired) electrons. The number of benzene rings is 2. The molecule has 1 heterocycles. The third-order valence-electron chi connectivity index (χ3n) is 6.45. The Labute approximate surface area is 192 Å². The van der Waals surface area contributed by atoms with Gasteiger partial charge in [0.2, 0.25) is 5.95 Å². The molecule has 1 aliphatic carbocycles. The molecule has 0 saturated heterocycles. The van der Waals surface area contributed by atoms with E-state index >= 15 is 0 Å². The van der Waals surface area contributed by atoms with Crippen LogP contribution in [0.15, 0.2) is 47.3 Å². The summed E-state index contributed by atoms with van der Waals surface area (Å²) in [5.74, 6) is 0.576. The maximum absolute atomic E-state index is 14.5. The summed E-state index contributed by atoms with van der Waals surface area (Å²) in [5.41, 5.74) is 1.62. The summed E-state index contributed by atoms with van der Waals surface area (Å²) >= 11 is 0. The van der Waals surface area contributed by atoms with Gasteiger partial charge < -0.3 is 9.64 Å². The number of methoxy groups -OCH3 is 1. The van der Waals surface area contributed by atoms with Gasteiger partial charge in [-0.25, -0.2) is 9.37 Å². The molecule has 1 aromatic heterocycles. The van der Waals surface area contributed by atoms with Gasteiger partial charge >= 0.3 is 0 Å². The Morgan fingerprint density at radius 2 is 1.79 bits per heavy atom. The van der Waals surface area contributed by atoms with Crippen molar-refractivity contribution < 1.29 is 9.13 Å². The van der Waals surface area contributed by atoms with Crippen LogP contribution in [0, 0.1) is 17.1 Å². The SMILES string of the molecule is COc1ccc(-c2c(-c3ccc(C#N)c(F)c3)nc(N(C)C3CCCCC3)n(C)c2=O)cc1. The summed E-state index contributed by atoms with van der Waals surface area (Å²) in [7, 11) is 5.27. The Hall–Kier alpha value is -3.66. The Morgan fingerprint density at radius 3 is 2.39 bits per heavy atom. The second kappa shape index (κ2) is 9.45. The molecule has 0 bridgehead atoms. The van der Waals surface area contributed by atoms with Gasteiger partial charge in [0.25, 0.3) is 5.56 Å². The third kappa shape index (κ3) is 4.34. The zero-order valence-corrected chi connectivity index (χ0v) is 19.1. The van der Waals surface area contributed by atoms with E-state index in [4.69, 9.17) is 15.0 Å². The van der Waals surface area contributed by atoms with E-state index in [9.17, 15) is 9.18 Å². The lowest BCUT2D eigenvalue weighted by molar-refractivity contribution is 0.415. The van der Waals surface area contributed by atoms with Crippen LogP contribution in [0.4, 0.5) is 10.3 Å². The molecule has 1 saturated carbocycles. The van der Waals surface area contributed by atoms with Gasteiger partial charge in [-0.15, -0.1) is 0 Å². The van der Waals surface area contributed by atoms with Gasteiger partial charge in [-0.3, -0.25) is 9.36 Å². The minimum Gasteiger partial charge on any atom is -0.497 e. The topological polar surface area (TPSA) is 71.2 Å². The molecule has 1 fully saturated rings. The molecule has 3 aromatic rings. The van der Waals surface area contributed by atoms with E-state index < -0.39 is 5.82 Å². The largest absolute Gasteiger partial charge is 0.497 e. The number of hydrogen-bond donors (Lipinski definition) is 0. The lowest BCUT2D eigenvalue weighted by atomic mass is 9.94. The highest BCUT2D eigenvalue weighted by molar-refractivity contribution is 5.81. The van der Waals surface area contributed by atoms with E-state index in [2.05, 4.69) is 4.90 Å². The quantitative estimate of drug-likeness (QED) is 0.557. The van der Waals surface area contributed by atoms with Gasteiger partial charge in [-0.05, 0) is 42.7 Å². The maximum Gasteiger partial charge on any atom is 0.263 e. The molecule has 33 heavy (non-hydrogen) atoms. The number of rotatable bonds is 5. The number of nitriles is 1. The Kier molecular flexibility index (Phi) is 6.45. The predicted molar refractivity (Wildman–Crippen MR) is 127 cm³/mol. The van der Waals surface area contributed by atoms with Crippen molar-refractivity contribution in [2.24, 2.45) is 7.05 Å². The Morgan fingerprint density at radius 1 is 1.12 bits per heavy atom. The van der Waals surface area contributed by atoms with E-state index in [1.165, 1.54) is 18.6 Å². The molecule has 170 valence electrons. The first-order chi connectivity index (χ1) is 15.9. The summed E-state index contributed by atoms with van der Waals surface area (Å²) in [6.07, 6.45) is 5.63. The first-order valence-corrected chi connectivity index (χ1v) is 11.1. The fraction of sp³-hybridized carbons (Fsp3) is 0.346. The lowest BCUT2D eigenvalue weighted by Crippen LogP contribution is -2.38. The highest BCUT2D eigenvalue weighted by atomic mass is 19.1. The fourth-order valence-corrected chi connectivity index (χ4v) is 4.52. The van der Waals surface area contributed by atoms with Gasteiger partial charge in [0.15, 0.2) is 0 Å². The molecule has 7 heteroatoms. The average molecular weight is 447 g/mol. The minimum absolute atomic E-state index is 0.0480. The maximum atomic E-state index is 14.5. The molecule has 4 rings (SSSR count). The van der Waals surface area contributed by atoms with Gasteiger partial charge in [-0.2, -0.15) is 5.26 Å². The molecule has 1 aliphatic rings. The normalized spacial score (nSPS) is 14.0. The monoisotopic (exact) mass is 446 g/mol. The molecule has 0 unspecified atom stereocenters. The van der Waals surface area contributed by atoms with Crippen LogP contribution >= 0.6 is 0 Å². The van der Waals surface area contributed by atoms with Gasteiger partial charge in [-0.1, -0.05) is 37.5 Å². The first-order valence-electron chi connectivity index (χ1n) is 11.1. The van der Waals surface area contributed by atoms with Crippen LogP contribution in [-0.4, -0.2) is 29.8 Å². The molecular formula is C26H27FN4O2. The second-order valence-corrected chi connectivity index (χ2v) is 8.44. The van der Waals surface area contributed by atoms with Gasteiger partial charge in [0.05, 0.1) is 23.9 Å². The van der Waals surface area contributed by atoms with E-state index in [-0.39, 0.29) is 11.1 Å². The summed E-state index contributed by atoms with van der Waals surface area (Å²) in [6.45, 7) is 0. The number of aromatic nitrogens is 2. The van der Waals surface area contributed by atoms with Crippen LogP contribution in [-0.2, 0) is 7.05 Å². The highest BCUT2D eigenvalue weighted by Crippen LogP contribution is 2.33. The van der Waals surface area contributed by atoms with Crippen molar-refractivity contribution >= 4 is 5.95 Å². The molecule has 6 nitrogen and oxygen atoms in total. The number of anilines is 1. The van der Waals surface area contributed by atoms with E-state index in [0.29, 0.717) is 40.1 Å². The van der Waals surface area contributed by atoms with Crippen molar-refractivity contribution in [1.29, 1.82) is 5.26 Å². The number of ether oxygens (including phenoxy) is 1. The minimum atomic E-state index is -0.639. The average Bonchev–Trinajstić information content (AvgIpc) is 2.85. The van der Waals surface area contributed by atoms with E-state index in [1.807, 2.05) is 13.1 Å². The van der Waals surface area contributed by atoms with Crippen LogP contribution in [0.25, 0.3) is 22.4 Å². The smallest absolute Gasteiger partial charge is 0.263 e. The molecule has 0 amide bonds. The zero-order chi connectivity index (χ0) is 23.5. The van der Waals surface area contributed by atoms with Crippen molar-refractivity contribution in [3.63, 3.8) is 0 Å². The lowest BCUT2D eigenvalue weighted by Gasteiger charge is -2.33. The summed E-state index contributed by atoms with van der Waals surface area (Å²) in [5, 5.41) is 9.13. The summed E-state index contributed by atoms with van der Waals surface area (Å²) in [6, 6.07) is 13.6. The number of hydrogen-bond acceptors (Lipinski definition) is 5. The van der Waals surface area contributed by atoms with Crippen LogP contribution < -0.4 is 15.2 Å². The van der Waals surface area contributed by atoms with E-state index in [0.717, 1.165) is 25.7 Å². The van der Waals surface area contributed by atoms with Gasteiger partial charge in [0, 0.05) is 25.7 Å². The predicted octanol–water partition coefficient (Wildman–Crippen LogP) is 4.90. The second-order valence-electron chi connectivity index (χ2n) is 8.44. The van der Waals surface area contributed by atoms with Crippen molar-refractivity contribution in [2.45, 2.75) is 38.1 Å². The molecule has 0 atom stereocenters. The van der Waals surface area contributed by atoms with Crippen LogP contribution in [0.2, 0.25) is 0 Å². The van der Waals surface area contributed by atoms with Crippen molar-refractivity contribution in [3.8, 4) is 34.2 Å². The highest BCUT2D eigenvalue weighted by Gasteiger charge is 2.25. The Balaban J connectivity index is 1.93. The fourth-order valence-electron chi connectivity index (χ4n) is 4.52. The van der Waals surface area contributed by atoms with Crippen molar-refractivity contribution in [2.75, 3.05) is 19.1 Å². The molecule has 2 aromatic carbocycles. The Bertz CT molecular complexity index is 1260. The zero-order valence-electron chi connectivity index (χ0n) is 19.1. The van der Waals surface area contributed by atoms with Crippen LogP contribution in [0.5, 0.6) is 5.75 Å². The number of halogens is 1. The third-order valence-corrected chi connectivity index (χ3v) is 6.45. The van der Waals surface area contributed by atoms with Crippen molar-refractivity contribution in [1.82, 2.24) is 9.55 Å². The molecule has 0 spiro atoms. The molecule has 0 N–H and O–H groups in total. The summed E-state index contributed by atoms with van der Waals surface area (Å²) in [4.78, 5) is 20.6. The standard InChI is InChI=1S/C26H27FN4O2/c1-30(20-7-5-4-6-8-20)26-29-24(18-9-10-19(16-28)22(27)15-18)23(25(32)31(26)2)17-11-13-21(33-3)14-12-17/h9-15,20H,4-8H2,1-3H3. The molecule has 0 aliphatic heterocycles. The van der Waals surface area contributed by atoms with Crippen LogP contribution in [0.3, 0.4) is 0 Å². The van der Waals surface area contributed by atoms with E-state index in [1.54, 1.807) is 49.1 Å². The van der Waals surface area contributed by atoms with Crippen LogP contribution in [0.1, 0.15) is 37.7 Å². The van der Waals surface area contributed by atoms with Crippen molar-refractivity contribution in [3.05, 3.63) is 64.2 Å². The number of nitrogens with zero attached hydrogens (tertiary/aromatic N) is 4. The first kappa shape index (κ1) is 22.5. The molecular weight excluding hydrogens is 419 g/mol.